The van der Waals surface area contributed by atoms with E-state index in [0.717, 1.165) is 5.92 Å². The minimum atomic E-state index is 0.694. The minimum absolute atomic E-state index is 0.694. The Kier molecular flexibility index (Phi) is 4.45. The summed E-state index contributed by atoms with van der Waals surface area (Å²) < 4.78 is 0. The van der Waals surface area contributed by atoms with Crippen molar-refractivity contribution in [1.29, 1.82) is 0 Å². The summed E-state index contributed by atoms with van der Waals surface area (Å²) in [7, 11) is 0. The standard InChI is InChI=1S/C13H26N2/c1-12-7-4-2-3-5-8-13-14-9-6-10-15(13)11-12/h12-14H,2-11H2,1H3. The van der Waals surface area contributed by atoms with E-state index < -0.39 is 0 Å². The van der Waals surface area contributed by atoms with Gasteiger partial charge in [0.1, 0.15) is 0 Å². The van der Waals surface area contributed by atoms with Gasteiger partial charge in [0.15, 0.2) is 0 Å². The zero-order chi connectivity index (χ0) is 10.5. The van der Waals surface area contributed by atoms with Crippen LogP contribution in [0.3, 0.4) is 0 Å². The SMILES string of the molecule is CC1CCCCCCC2NCCCN2C1. The van der Waals surface area contributed by atoms with Crippen LogP contribution < -0.4 is 5.32 Å². The molecule has 88 valence electrons. The molecular formula is C13H26N2. The Morgan fingerprint density at radius 3 is 2.67 bits per heavy atom. The Morgan fingerprint density at radius 1 is 1.00 bits per heavy atom. The second-order valence-electron chi connectivity index (χ2n) is 5.42. The van der Waals surface area contributed by atoms with Gasteiger partial charge in [-0.2, -0.15) is 0 Å². The van der Waals surface area contributed by atoms with Crippen molar-refractivity contribution in [3.63, 3.8) is 0 Å². The summed E-state index contributed by atoms with van der Waals surface area (Å²) in [4.78, 5) is 2.69. The van der Waals surface area contributed by atoms with E-state index in [1.54, 1.807) is 0 Å². The van der Waals surface area contributed by atoms with Gasteiger partial charge in [-0.25, -0.2) is 0 Å². The predicted octanol–water partition coefficient (Wildman–Crippen LogP) is 2.60. The second kappa shape index (κ2) is 5.86. The molecule has 0 aromatic carbocycles. The Hall–Kier alpha value is -0.0800. The third-order valence-electron chi connectivity index (χ3n) is 3.91. The fourth-order valence-corrected chi connectivity index (χ4v) is 3.01. The molecular weight excluding hydrogens is 184 g/mol. The maximum atomic E-state index is 3.68. The van der Waals surface area contributed by atoms with E-state index >= 15 is 0 Å². The smallest absolute Gasteiger partial charge is 0.0597 e. The van der Waals surface area contributed by atoms with Crippen LogP contribution in [0.2, 0.25) is 0 Å². The monoisotopic (exact) mass is 210 g/mol. The summed E-state index contributed by atoms with van der Waals surface area (Å²) in [5, 5.41) is 3.68. The number of nitrogens with one attached hydrogen (secondary N) is 1. The van der Waals surface area contributed by atoms with E-state index in [-0.39, 0.29) is 0 Å². The summed E-state index contributed by atoms with van der Waals surface area (Å²) in [6, 6.07) is 0. The van der Waals surface area contributed by atoms with Crippen molar-refractivity contribution in [1.82, 2.24) is 10.2 Å². The molecule has 2 aliphatic rings. The largest absolute Gasteiger partial charge is 0.302 e. The van der Waals surface area contributed by atoms with Crippen molar-refractivity contribution in [2.24, 2.45) is 5.92 Å². The van der Waals surface area contributed by atoms with Crippen LogP contribution in [0.5, 0.6) is 0 Å². The van der Waals surface area contributed by atoms with E-state index in [0.29, 0.717) is 6.17 Å². The van der Waals surface area contributed by atoms with Crippen molar-refractivity contribution in [3.05, 3.63) is 0 Å². The first-order chi connectivity index (χ1) is 7.36. The Morgan fingerprint density at radius 2 is 1.80 bits per heavy atom. The summed E-state index contributed by atoms with van der Waals surface area (Å²) in [5.74, 6) is 0.894. The molecule has 2 aliphatic heterocycles. The van der Waals surface area contributed by atoms with E-state index in [4.69, 9.17) is 0 Å². The third kappa shape index (κ3) is 3.46. The molecule has 0 amide bonds. The molecule has 2 heteroatoms. The molecule has 2 heterocycles. The highest BCUT2D eigenvalue weighted by atomic mass is 15.3. The van der Waals surface area contributed by atoms with Crippen LogP contribution >= 0.6 is 0 Å². The third-order valence-corrected chi connectivity index (χ3v) is 3.91. The molecule has 0 aliphatic carbocycles. The summed E-state index contributed by atoms with van der Waals surface area (Å²) >= 11 is 0. The van der Waals surface area contributed by atoms with Crippen molar-refractivity contribution in [2.45, 2.75) is 58.0 Å². The zero-order valence-corrected chi connectivity index (χ0v) is 10.2. The summed E-state index contributed by atoms with van der Waals surface area (Å²) in [6.07, 6.45) is 10.6. The highest BCUT2D eigenvalue weighted by molar-refractivity contribution is 4.77. The van der Waals surface area contributed by atoms with Gasteiger partial charge < -0.3 is 5.32 Å². The minimum Gasteiger partial charge on any atom is -0.302 e. The van der Waals surface area contributed by atoms with Crippen LogP contribution in [0.15, 0.2) is 0 Å². The van der Waals surface area contributed by atoms with Crippen LogP contribution in [0, 0.1) is 5.92 Å². The molecule has 2 atom stereocenters. The Bertz CT molecular complexity index is 181. The van der Waals surface area contributed by atoms with Crippen LogP contribution in [-0.2, 0) is 0 Å². The van der Waals surface area contributed by atoms with Crippen molar-refractivity contribution < 1.29 is 0 Å². The van der Waals surface area contributed by atoms with E-state index in [1.165, 1.54) is 64.6 Å². The lowest BCUT2D eigenvalue weighted by Crippen LogP contribution is -2.52. The Balaban J connectivity index is 1.90. The first-order valence-electron chi connectivity index (χ1n) is 6.83. The van der Waals surface area contributed by atoms with Gasteiger partial charge in [-0.3, -0.25) is 4.90 Å². The lowest BCUT2D eigenvalue weighted by atomic mass is 9.98. The van der Waals surface area contributed by atoms with Gasteiger partial charge in [0.05, 0.1) is 6.17 Å². The van der Waals surface area contributed by atoms with E-state index in [1.807, 2.05) is 0 Å². The van der Waals surface area contributed by atoms with Gasteiger partial charge in [-0.05, 0) is 31.7 Å². The first-order valence-corrected chi connectivity index (χ1v) is 6.83. The van der Waals surface area contributed by atoms with Crippen LogP contribution in [-0.4, -0.2) is 30.7 Å². The van der Waals surface area contributed by atoms with Crippen LogP contribution in [0.25, 0.3) is 0 Å². The number of rotatable bonds is 0. The molecule has 0 spiro atoms. The molecule has 2 fully saturated rings. The van der Waals surface area contributed by atoms with Gasteiger partial charge in [-0.15, -0.1) is 0 Å². The molecule has 15 heavy (non-hydrogen) atoms. The fraction of sp³-hybridized carbons (Fsp3) is 1.00. The molecule has 2 unspecified atom stereocenters. The molecule has 2 saturated heterocycles. The van der Waals surface area contributed by atoms with Crippen LogP contribution in [0.1, 0.15) is 51.9 Å². The lowest BCUT2D eigenvalue weighted by molar-refractivity contribution is 0.0983. The van der Waals surface area contributed by atoms with Crippen molar-refractivity contribution >= 4 is 0 Å². The molecule has 2 nitrogen and oxygen atoms in total. The molecule has 0 bridgehead atoms. The van der Waals surface area contributed by atoms with Gasteiger partial charge in [0.2, 0.25) is 0 Å². The maximum Gasteiger partial charge on any atom is 0.0597 e. The lowest BCUT2D eigenvalue weighted by Gasteiger charge is -2.38. The summed E-state index contributed by atoms with van der Waals surface area (Å²) in [5.41, 5.74) is 0. The van der Waals surface area contributed by atoms with Gasteiger partial charge in [0, 0.05) is 13.1 Å². The molecule has 0 aromatic heterocycles. The van der Waals surface area contributed by atoms with Gasteiger partial charge in [-0.1, -0.05) is 32.6 Å². The molecule has 1 N–H and O–H groups in total. The molecule has 0 saturated carbocycles. The number of hydrogen-bond acceptors (Lipinski definition) is 2. The Labute approximate surface area is 94.4 Å². The average Bonchev–Trinajstić information content (AvgIpc) is 2.25. The van der Waals surface area contributed by atoms with E-state index in [2.05, 4.69) is 17.1 Å². The quantitative estimate of drug-likeness (QED) is 0.661. The predicted molar refractivity (Wildman–Crippen MR) is 64.8 cm³/mol. The van der Waals surface area contributed by atoms with Crippen LogP contribution in [0.4, 0.5) is 0 Å². The highest BCUT2D eigenvalue weighted by Crippen LogP contribution is 2.20. The molecule has 0 radical (unpaired) electrons. The summed E-state index contributed by atoms with van der Waals surface area (Å²) in [6.45, 7) is 6.29. The average molecular weight is 210 g/mol. The molecule has 0 aromatic rings. The normalized spacial score (nSPS) is 35.8. The zero-order valence-electron chi connectivity index (χ0n) is 10.2. The van der Waals surface area contributed by atoms with Gasteiger partial charge >= 0.3 is 0 Å². The van der Waals surface area contributed by atoms with Gasteiger partial charge in [0.25, 0.3) is 0 Å². The fourth-order valence-electron chi connectivity index (χ4n) is 3.01. The number of hydrogen-bond donors (Lipinski definition) is 1. The number of nitrogens with zero attached hydrogens (tertiary/aromatic N) is 1. The van der Waals surface area contributed by atoms with E-state index in [9.17, 15) is 0 Å². The van der Waals surface area contributed by atoms with Crippen molar-refractivity contribution in [3.8, 4) is 0 Å². The highest BCUT2D eigenvalue weighted by Gasteiger charge is 2.23. The second-order valence-corrected chi connectivity index (χ2v) is 5.42. The maximum absolute atomic E-state index is 3.68. The topological polar surface area (TPSA) is 15.3 Å². The number of fused-ring (bicyclic) bond motifs is 1. The first kappa shape index (κ1) is 11.4. The molecule has 2 rings (SSSR count). The van der Waals surface area contributed by atoms with Crippen molar-refractivity contribution in [2.75, 3.05) is 19.6 Å².